The number of halogens is 1. The standard InChI is InChI=1S/C14H20ClN3O/c15-11-3-4-13(12(8-11)14(16)19)18-7-5-10-2-1-6-17-9-10/h3-4,8,10,17-18H,1-2,5-7,9H2,(H2,16,19). The topological polar surface area (TPSA) is 67.2 Å². The number of anilines is 1. The average molecular weight is 282 g/mol. The van der Waals surface area contributed by atoms with Gasteiger partial charge in [-0.2, -0.15) is 0 Å². The van der Waals surface area contributed by atoms with E-state index in [1.807, 2.05) is 6.07 Å². The highest BCUT2D eigenvalue weighted by Gasteiger charge is 2.13. The molecule has 5 heteroatoms. The molecule has 4 N–H and O–H groups in total. The Morgan fingerprint density at radius 2 is 2.37 bits per heavy atom. The van der Waals surface area contributed by atoms with E-state index in [0.29, 0.717) is 16.5 Å². The number of benzene rings is 1. The lowest BCUT2D eigenvalue weighted by molar-refractivity contribution is 0.100. The minimum Gasteiger partial charge on any atom is -0.384 e. The quantitative estimate of drug-likeness (QED) is 0.775. The van der Waals surface area contributed by atoms with Crippen molar-refractivity contribution >= 4 is 23.2 Å². The molecule has 1 atom stereocenters. The molecule has 1 fully saturated rings. The van der Waals surface area contributed by atoms with E-state index >= 15 is 0 Å². The van der Waals surface area contributed by atoms with E-state index in [2.05, 4.69) is 10.6 Å². The van der Waals surface area contributed by atoms with Crippen molar-refractivity contribution in [1.29, 1.82) is 0 Å². The van der Waals surface area contributed by atoms with Gasteiger partial charge < -0.3 is 16.4 Å². The molecule has 0 spiro atoms. The van der Waals surface area contributed by atoms with E-state index in [4.69, 9.17) is 17.3 Å². The molecule has 2 rings (SSSR count). The normalized spacial score (nSPS) is 19.1. The maximum atomic E-state index is 11.4. The molecule has 1 aliphatic heterocycles. The minimum absolute atomic E-state index is 0.453. The van der Waals surface area contributed by atoms with Gasteiger partial charge in [0, 0.05) is 17.3 Å². The van der Waals surface area contributed by atoms with Crippen LogP contribution in [0.3, 0.4) is 0 Å². The summed E-state index contributed by atoms with van der Waals surface area (Å²) in [5.74, 6) is 0.259. The molecule has 1 heterocycles. The van der Waals surface area contributed by atoms with E-state index < -0.39 is 5.91 Å². The third-order valence-corrected chi connectivity index (χ3v) is 3.75. The van der Waals surface area contributed by atoms with Gasteiger partial charge in [0.15, 0.2) is 0 Å². The predicted molar refractivity (Wildman–Crippen MR) is 78.7 cm³/mol. The van der Waals surface area contributed by atoms with Gasteiger partial charge in [0.1, 0.15) is 0 Å². The maximum Gasteiger partial charge on any atom is 0.250 e. The number of hydrogen-bond donors (Lipinski definition) is 3. The van der Waals surface area contributed by atoms with E-state index in [0.717, 1.165) is 31.7 Å². The first kappa shape index (κ1) is 14.2. The summed E-state index contributed by atoms with van der Waals surface area (Å²) in [5.41, 5.74) is 6.57. The third kappa shape index (κ3) is 4.11. The van der Waals surface area contributed by atoms with Crippen LogP contribution in [0.2, 0.25) is 5.02 Å². The summed E-state index contributed by atoms with van der Waals surface area (Å²) in [6.45, 7) is 3.06. The number of piperidine rings is 1. The molecule has 1 aromatic rings. The molecule has 0 aromatic heterocycles. The minimum atomic E-state index is -0.454. The van der Waals surface area contributed by atoms with Crippen molar-refractivity contribution < 1.29 is 4.79 Å². The van der Waals surface area contributed by atoms with Crippen LogP contribution in [0.4, 0.5) is 5.69 Å². The first-order chi connectivity index (χ1) is 9.16. The van der Waals surface area contributed by atoms with Crippen LogP contribution in [0.5, 0.6) is 0 Å². The van der Waals surface area contributed by atoms with Gasteiger partial charge >= 0.3 is 0 Å². The maximum absolute atomic E-state index is 11.4. The van der Waals surface area contributed by atoms with Crippen LogP contribution in [0, 0.1) is 5.92 Å². The smallest absolute Gasteiger partial charge is 0.250 e. The second-order valence-corrected chi connectivity index (χ2v) is 5.42. The van der Waals surface area contributed by atoms with Crippen LogP contribution < -0.4 is 16.4 Å². The zero-order valence-corrected chi connectivity index (χ0v) is 11.7. The lowest BCUT2D eigenvalue weighted by Gasteiger charge is -2.23. The van der Waals surface area contributed by atoms with E-state index in [1.165, 1.54) is 12.8 Å². The van der Waals surface area contributed by atoms with E-state index in [-0.39, 0.29) is 0 Å². The van der Waals surface area contributed by atoms with Gasteiger partial charge in [0.2, 0.25) is 0 Å². The Morgan fingerprint density at radius 3 is 3.05 bits per heavy atom. The fraction of sp³-hybridized carbons (Fsp3) is 0.500. The van der Waals surface area contributed by atoms with Crippen LogP contribution in [0.1, 0.15) is 29.6 Å². The van der Waals surface area contributed by atoms with Crippen LogP contribution in [-0.2, 0) is 0 Å². The lowest BCUT2D eigenvalue weighted by atomic mass is 9.96. The van der Waals surface area contributed by atoms with Crippen molar-refractivity contribution in [3.05, 3.63) is 28.8 Å². The van der Waals surface area contributed by atoms with Gasteiger partial charge in [-0.3, -0.25) is 4.79 Å². The fourth-order valence-electron chi connectivity index (χ4n) is 2.46. The van der Waals surface area contributed by atoms with Crippen molar-refractivity contribution in [3.8, 4) is 0 Å². The first-order valence-electron chi connectivity index (χ1n) is 6.71. The van der Waals surface area contributed by atoms with Crippen molar-refractivity contribution in [1.82, 2.24) is 5.32 Å². The molecule has 0 radical (unpaired) electrons. The van der Waals surface area contributed by atoms with E-state index in [9.17, 15) is 4.79 Å². The highest BCUT2D eigenvalue weighted by molar-refractivity contribution is 6.31. The van der Waals surface area contributed by atoms with Crippen molar-refractivity contribution in [2.45, 2.75) is 19.3 Å². The Balaban J connectivity index is 1.89. The molecule has 0 aliphatic carbocycles. The number of primary amides is 1. The molecule has 1 unspecified atom stereocenters. The first-order valence-corrected chi connectivity index (χ1v) is 7.08. The Bertz CT molecular complexity index is 444. The number of nitrogens with one attached hydrogen (secondary N) is 2. The zero-order valence-electron chi connectivity index (χ0n) is 10.9. The van der Waals surface area contributed by atoms with Crippen molar-refractivity contribution in [2.75, 3.05) is 25.0 Å². The number of carbonyl (C=O) groups is 1. The van der Waals surface area contributed by atoms with Crippen LogP contribution >= 0.6 is 11.6 Å². The second kappa shape index (κ2) is 6.78. The van der Waals surface area contributed by atoms with Gasteiger partial charge in [-0.15, -0.1) is 0 Å². The highest BCUT2D eigenvalue weighted by Crippen LogP contribution is 2.21. The third-order valence-electron chi connectivity index (χ3n) is 3.51. The Morgan fingerprint density at radius 1 is 1.53 bits per heavy atom. The Hall–Kier alpha value is -1.26. The van der Waals surface area contributed by atoms with Gasteiger partial charge in [0.25, 0.3) is 5.91 Å². The van der Waals surface area contributed by atoms with Crippen LogP contribution in [0.15, 0.2) is 18.2 Å². The molecule has 104 valence electrons. The molecule has 4 nitrogen and oxygen atoms in total. The molecular weight excluding hydrogens is 262 g/mol. The summed E-state index contributed by atoms with van der Waals surface area (Å²) < 4.78 is 0. The second-order valence-electron chi connectivity index (χ2n) is 4.98. The highest BCUT2D eigenvalue weighted by atomic mass is 35.5. The largest absolute Gasteiger partial charge is 0.384 e. The summed E-state index contributed by atoms with van der Waals surface area (Å²) in [5, 5.41) is 7.21. The van der Waals surface area contributed by atoms with Crippen molar-refractivity contribution in [2.24, 2.45) is 11.7 Å². The SMILES string of the molecule is NC(=O)c1cc(Cl)ccc1NCCC1CCCNC1. The molecule has 0 saturated carbocycles. The number of hydrogen-bond acceptors (Lipinski definition) is 3. The van der Waals surface area contributed by atoms with Crippen LogP contribution in [0.25, 0.3) is 0 Å². The molecule has 1 amide bonds. The fourth-order valence-corrected chi connectivity index (χ4v) is 2.63. The van der Waals surface area contributed by atoms with Gasteiger partial charge in [-0.05, 0) is 56.5 Å². The number of amides is 1. The molecule has 1 saturated heterocycles. The van der Waals surface area contributed by atoms with Gasteiger partial charge in [-0.1, -0.05) is 11.6 Å². The van der Waals surface area contributed by atoms with E-state index in [1.54, 1.807) is 12.1 Å². The average Bonchev–Trinajstić information content (AvgIpc) is 2.41. The monoisotopic (exact) mass is 281 g/mol. The summed E-state index contributed by atoms with van der Waals surface area (Å²) >= 11 is 5.87. The molecule has 1 aromatic carbocycles. The molecule has 1 aliphatic rings. The molecule has 0 bridgehead atoms. The number of nitrogens with two attached hydrogens (primary N) is 1. The summed E-state index contributed by atoms with van der Waals surface area (Å²) in [7, 11) is 0. The van der Waals surface area contributed by atoms with Gasteiger partial charge in [-0.25, -0.2) is 0 Å². The van der Waals surface area contributed by atoms with Crippen molar-refractivity contribution in [3.63, 3.8) is 0 Å². The molecular formula is C14H20ClN3O. The summed E-state index contributed by atoms with van der Waals surface area (Å²) in [6.07, 6.45) is 3.62. The lowest BCUT2D eigenvalue weighted by Crippen LogP contribution is -2.30. The van der Waals surface area contributed by atoms with Crippen LogP contribution in [-0.4, -0.2) is 25.5 Å². The molecule has 19 heavy (non-hydrogen) atoms. The Kier molecular flexibility index (Phi) is 5.05. The van der Waals surface area contributed by atoms with Gasteiger partial charge in [0.05, 0.1) is 5.56 Å². The number of carbonyl (C=O) groups excluding carboxylic acids is 1. The zero-order chi connectivity index (χ0) is 13.7. The predicted octanol–water partition coefficient (Wildman–Crippen LogP) is 2.24. The number of rotatable bonds is 5. The summed E-state index contributed by atoms with van der Waals surface area (Å²) in [6, 6.07) is 5.18. The summed E-state index contributed by atoms with van der Waals surface area (Å²) in [4.78, 5) is 11.4. The Labute approximate surface area is 118 Å².